The summed E-state index contributed by atoms with van der Waals surface area (Å²) in [6.07, 6.45) is -4.05. The summed E-state index contributed by atoms with van der Waals surface area (Å²) in [4.78, 5) is 12.3. The van der Waals surface area contributed by atoms with E-state index >= 15 is 0 Å². The van der Waals surface area contributed by atoms with Gasteiger partial charge < -0.3 is 9.84 Å². The number of halogens is 3. The lowest BCUT2D eigenvalue weighted by Crippen LogP contribution is -2.46. The van der Waals surface area contributed by atoms with E-state index in [0.717, 1.165) is 4.90 Å². The second-order valence-corrected chi connectivity index (χ2v) is 4.31. The molecule has 1 saturated heterocycles. The first-order chi connectivity index (χ1) is 7.79. The Hall–Kier alpha value is -0.820. The van der Waals surface area contributed by atoms with E-state index in [-0.39, 0.29) is 32.7 Å². The molecule has 1 atom stereocenters. The van der Waals surface area contributed by atoms with Crippen molar-refractivity contribution in [3.8, 4) is 0 Å². The second kappa shape index (κ2) is 5.22. The average molecular weight is 255 g/mol. The maximum atomic E-state index is 12.3. The normalized spacial score (nSPS) is 25.5. The van der Waals surface area contributed by atoms with Crippen molar-refractivity contribution in [1.29, 1.82) is 0 Å². The number of alkyl halides is 3. The smallest absolute Gasteiger partial charge is 0.401 e. The molecule has 1 rings (SSSR count). The minimum absolute atomic E-state index is 0.0172. The summed E-state index contributed by atoms with van der Waals surface area (Å²) in [6.45, 7) is 0.801. The Balaban J connectivity index is 2.68. The molecule has 0 aliphatic carbocycles. The zero-order valence-corrected chi connectivity index (χ0v) is 9.59. The van der Waals surface area contributed by atoms with Gasteiger partial charge in [-0.3, -0.25) is 9.69 Å². The van der Waals surface area contributed by atoms with Gasteiger partial charge in [-0.1, -0.05) is 6.92 Å². The number of carboxylic acid groups (broad SMARTS) is 1. The molecule has 1 heterocycles. The van der Waals surface area contributed by atoms with Crippen molar-refractivity contribution in [2.75, 3.05) is 32.8 Å². The second-order valence-electron chi connectivity index (χ2n) is 4.31. The number of ether oxygens (including phenoxy) is 1. The Labute approximate surface area is 97.3 Å². The molecule has 1 unspecified atom stereocenters. The monoisotopic (exact) mass is 255 g/mol. The molecule has 0 aromatic heterocycles. The topological polar surface area (TPSA) is 49.8 Å². The van der Waals surface area contributed by atoms with Gasteiger partial charge in [0, 0.05) is 13.2 Å². The highest BCUT2D eigenvalue weighted by atomic mass is 19.4. The number of carboxylic acids is 1. The molecule has 0 saturated carbocycles. The lowest BCUT2D eigenvalue weighted by Gasteiger charge is -2.30. The zero-order valence-electron chi connectivity index (χ0n) is 9.59. The van der Waals surface area contributed by atoms with Gasteiger partial charge in [0.05, 0.1) is 13.2 Å². The fourth-order valence-electron chi connectivity index (χ4n) is 1.93. The Morgan fingerprint density at radius 2 is 2.18 bits per heavy atom. The Morgan fingerprint density at radius 1 is 1.53 bits per heavy atom. The van der Waals surface area contributed by atoms with Crippen molar-refractivity contribution in [3.05, 3.63) is 0 Å². The summed E-state index contributed by atoms with van der Waals surface area (Å²) in [5.74, 6) is -1.09. The lowest BCUT2D eigenvalue weighted by molar-refractivity contribution is -0.160. The summed E-state index contributed by atoms with van der Waals surface area (Å²) in [7, 11) is 0. The molecule has 0 amide bonds. The molecule has 0 spiro atoms. The first-order valence-electron chi connectivity index (χ1n) is 5.39. The van der Waals surface area contributed by atoms with Crippen LogP contribution < -0.4 is 0 Å². The van der Waals surface area contributed by atoms with Crippen LogP contribution in [0.15, 0.2) is 0 Å². The molecule has 7 heteroatoms. The molecule has 1 fully saturated rings. The summed E-state index contributed by atoms with van der Waals surface area (Å²) >= 11 is 0. The van der Waals surface area contributed by atoms with Gasteiger partial charge in [0.2, 0.25) is 0 Å². The van der Waals surface area contributed by atoms with E-state index in [1.165, 1.54) is 0 Å². The van der Waals surface area contributed by atoms with Gasteiger partial charge in [0.1, 0.15) is 5.41 Å². The molecule has 0 radical (unpaired) electrons. The van der Waals surface area contributed by atoms with Crippen molar-refractivity contribution < 1.29 is 27.8 Å². The van der Waals surface area contributed by atoms with Crippen molar-refractivity contribution in [2.24, 2.45) is 5.41 Å². The average Bonchev–Trinajstić information content (AvgIpc) is 2.64. The molecule has 100 valence electrons. The van der Waals surface area contributed by atoms with E-state index < -0.39 is 24.1 Å². The first kappa shape index (κ1) is 14.2. The minimum atomic E-state index is -4.31. The van der Waals surface area contributed by atoms with E-state index in [9.17, 15) is 18.0 Å². The lowest BCUT2D eigenvalue weighted by atomic mass is 9.87. The number of carbonyl (C=O) groups is 1. The van der Waals surface area contributed by atoms with Gasteiger partial charge in [-0.05, 0) is 13.0 Å². The van der Waals surface area contributed by atoms with Crippen molar-refractivity contribution in [1.82, 2.24) is 4.90 Å². The molecular weight excluding hydrogens is 239 g/mol. The number of aliphatic carboxylic acids is 1. The van der Waals surface area contributed by atoms with Gasteiger partial charge >= 0.3 is 12.1 Å². The maximum absolute atomic E-state index is 12.3. The molecule has 4 nitrogen and oxygen atoms in total. The molecular formula is C10H16F3NO3. The third-order valence-corrected chi connectivity index (χ3v) is 2.93. The number of hydrogen-bond acceptors (Lipinski definition) is 3. The molecule has 0 aromatic carbocycles. The minimum Gasteiger partial charge on any atom is -0.481 e. The first-order valence-corrected chi connectivity index (χ1v) is 5.39. The molecule has 0 aromatic rings. The molecule has 1 aliphatic rings. The van der Waals surface area contributed by atoms with Crippen molar-refractivity contribution >= 4 is 5.97 Å². The van der Waals surface area contributed by atoms with Crippen LogP contribution in [0.3, 0.4) is 0 Å². The highest BCUT2D eigenvalue weighted by molar-refractivity contribution is 5.75. The number of hydrogen-bond donors (Lipinski definition) is 1. The van der Waals surface area contributed by atoms with Crippen LogP contribution in [-0.4, -0.2) is 55.0 Å². The Bertz CT molecular complexity index is 274. The van der Waals surface area contributed by atoms with Crippen LogP contribution in [0.5, 0.6) is 0 Å². The van der Waals surface area contributed by atoms with Gasteiger partial charge in [0.15, 0.2) is 0 Å². The van der Waals surface area contributed by atoms with Crippen LogP contribution in [0.2, 0.25) is 0 Å². The zero-order chi connectivity index (χ0) is 13.1. The third kappa shape index (κ3) is 3.85. The predicted molar refractivity (Wildman–Crippen MR) is 53.7 cm³/mol. The van der Waals surface area contributed by atoms with Crippen LogP contribution >= 0.6 is 0 Å². The molecule has 0 bridgehead atoms. The van der Waals surface area contributed by atoms with E-state index in [2.05, 4.69) is 0 Å². The van der Waals surface area contributed by atoms with E-state index in [4.69, 9.17) is 9.84 Å². The SMILES string of the molecule is CCN(CC(F)(F)F)CC1(C(=O)O)CCOC1. The quantitative estimate of drug-likeness (QED) is 0.806. The van der Waals surface area contributed by atoms with E-state index in [0.29, 0.717) is 0 Å². The summed E-state index contributed by atoms with van der Waals surface area (Å²) in [5, 5.41) is 9.12. The van der Waals surface area contributed by atoms with Crippen molar-refractivity contribution in [2.45, 2.75) is 19.5 Å². The molecule has 1 aliphatic heterocycles. The largest absolute Gasteiger partial charge is 0.481 e. The highest BCUT2D eigenvalue weighted by Crippen LogP contribution is 2.31. The standard InChI is InChI=1S/C10H16F3NO3/c1-2-14(6-10(11,12)13)5-9(8(15)16)3-4-17-7-9/h2-7H2,1H3,(H,15,16). The van der Waals surface area contributed by atoms with Gasteiger partial charge in [0.25, 0.3) is 0 Å². The maximum Gasteiger partial charge on any atom is 0.401 e. The fourth-order valence-corrected chi connectivity index (χ4v) is 1.93. The Morgan fingerprint density at radius 3 is 2.53 bits per heavy atom. The van der Waals surface area contributed by atoms with E-state index in [1.54, 1.807) is 6.92 Å². The van der Waals surface area contributed by atoms with Gasteiger partial charge in [-0.15, -0.1) is 0 Å². The molecule has 17 heavy (non-hydrogen) atoms. The van der Waals surface area contributed by atoms with Crippen LogP contribution in [-0.2, 0) is 9.53 Å². The number of rotatable bonds is 5. The summed E-state index contributed by atoms with van der Waals surface area (Å²) < 4.78 is 41.8. The fraction of sp³-hybridized carbons (Fsp3) is 0.900. The Kier molecular flexibility index (Phi) is 4.37. The highest BCUT2D eigenvalue weighted by Gasteiger charge is 2.45. The summed E-state index contributed by atoms with van der Waals surface area (Å²) in [6, 6.07) is 0. The van der Waals surface area contributed by atoms with Crippen LogP contribution in [0, 0.1) is 5.41 Å². The van der Waals surface area contributed by atoms with Gasteiger partial charge in [-0.2, -0.15) is 13.2 Å². The number of nitrogens with zero attached hydrogens (tertiary/aromatic N) is 1. The van der Waals surface area contributed by atoms with Crippen LogP contribution in [0.25, 0.3) is 0 Å². The van der Waals surface area contributed by atoms with Crippen molar-refractivity contribution in [3.63, 3.8) is 0 Å². The predicted octanol–water partition coefficient (Wildman–Crippen LogP) is 1.36. The van der Waals surface area contributed by atoms with Crippen LogP contribution in [0.4, 0.5) is 13.2 Å². The van der Waals surface area contributed by atoms with E-state index in [1.807, 2.05) is 0 Å². The van der Waals surface area contributed by atoms with Gasteiger partial charge in [-0.25, -0.2) is 0 Å². The summed E-state index contributed by atoms with van der Waals surface area (Å²) in [5.41, 5.74) is -1.19. The third-order valence-electron chi connectivity index (χ3n) is 2.93. The van der Waals surface area contributed by atoms with Crippen LogP contribution in [0.1, 0.15) is 13.3 Å². The molecule has 1 N–H and O–H groups in total.